The maximum Gasteiger partial charge on any atom is 0.164 e. The van der Waals surface area contributed by atoms with Crippen LogP contribution in [0.1, 0.15) is 22.3 Å². The van der Waals surface area contributed by atoms with Gasteiger partial charge in [-0.25, -0.2) is 19.9 Å². The van der Waals surface area contributed by atoms with Gasteiger partial charge in [-0.1, -0.05) is 188 Å². The Bertz CT molecular complexity index is 2670. The van der Waals surface area contributed by atoms with Gasteiger partial charge in [-0.3, -0.25) is 0 Å². The van der Waals surface area contributed by atoms with Crippen molar-refractivity contribution in [3.05, 3.63) is 216 Å². The molecule has 1 aliphatic rings. The molecule has 0 atom stereocenters. The molecule has 9 aromatic rings. The zero-order valence-corrected chi connectivity index (χ0v) is 28.8. The standard InChI is InChI=1S/C49H32N4/c1-5-18-33(19-6-1)46-51-47(34-20-7-2-8-21-34)53-48(52-46)36-23-17-22-35(32-36)44-40-29-14-13-28-39(40)43-45(50-44)41-30-15-16-31-42(41)49(43,37-24-9-3-10-25-37)38-26-11-4-12-27-38/h1-32H. The lowest BCUT2D eigenvalue weighted by Crippen LogP contribution is -2.29. The molecule has 0 spiro atoms. The lowest BCUT2D eigenvalue weighted by molar-refractivity contribution is 0.774. The maximum atomic E-state index is 5.65. The Hall–Kier alpha value is -7.04. The minimum absolute atomic E-state index is 0.548. The van der Waals surface area contributed by atoms with Gasteiger partial charge in [0, 0.05) is 38.8 Å². The summed E-state index contributed by atoms with van der Waals surface area (Å²) in [6.45, 7) is 0. The average molecular weight is 677 g/mol. The van der Waals surface area contributed by atoms with Crippen LogP contribution < -0.4 is 0 Å². The smallest absolute Gasteiger partial charge is 0.164 e. The number of nitrogens with zero attached hydrogens (tertiary/aromatic N) is 4. The molecular formula is C49H32N4. The Morgan fingerprint density at radius 3 is 1.38 bits per heavy atom. The summed E-state index contributed by atoms with van der Waals surface area (Å²) in [6, 6.07) is 67.9. The molecule has 0 bridgehead atoms. The van der Waals surface area contributed by atoms with Crippen molar-refractivity contribution in [2.24, 2.45) is 0 Å². The number of hydrogen-bond donors (Lipinski definition) is 0. The van der Waals surface area contributed by atoms with Crippen LogP contribution in [-0.4, -0.2) is 19.9 Å². The van der Waals surface area contributed by atoms with E-state index >= 15 is 0 Å². The van der Waals surface area contributed by atoms with Crippen LogP contribution >= 0.6 is 0 Å². The fourth-order valence-electron chi connectivity index (χ4n) is 8.09. The molecule has 0 fully saturated rings. The highest BCUT2D eigenvalue weighted by molar-refractivity contribution is 6.04. The molecule has 53 heavy (non-hydrogen) atoms. The predicted octanol–water partition coefficient (Wildman–Crippen LogP) is 11.5. The third-order valence-corrected chi connectivity index (χ3v) is 10.4. The van der Waals surface area contributed by atoms with Crippen LogP contribution in [0.5, 0.6) is 0 Å². The van der Waals surface area contributed by atoms with E-state index in [-0.39, 0.29) is 0 Å². The number of pyridine rings is 1. The molecule has 0 radical (unpaired) electrons. The summed E-state index contributed by atoms with van der Waals surface area (Å²) < 4.78 is 0. The Morgan fingerprint density at radius 2 is 0.774 bits per heavy atom. The van der Waals surface area contributed by atoms with Crippen molar-refractivity contribution in [3.8, 4) is 56.7 Å². The highest BCUT2D eigenvalue weighted by atomic mass is 15.0. The summed E-state index contributed by atoms with van der Waals surface area (Å²) in [6.07, 6.45) is 0. The van der Waals surface area contributed by atoms with Crippen molar-refractivity contribution < 1.29 is 0 Å². The topological polar surface area (TPSA) is 51.6 Å². The van der Waals surface area contributed by atoms with Gasteiger partial charge < -0.3 is 0 Å². The van der Waals surface area contributed by atoms with E-state index in [4.69, 9.17) is 19.9 Å². The molecule has 0 unspecified atom stereocenters. The summed E-state index contributed by atoms with van der Waals surface area (Å²) in [4.78, 5) is 20.6. The largest absolute Gasteiger partial charge is 0.247 e. The molecule has 0 amide bonds. The monoisotopic (exact) mass is 676 g/mol. The van der Waals surface area contributed by atoms with Gasteiger partial charge in [-0.15, -0.1) is 0 Å². The van der Waals surface area contributed by atoms with E-state index in [1.165, 1.54) is 27.6 Å². The zero-order chi connectivity index (χ0) is 35.2. The molecule has 1 aliphatic carbocycles. The Kier molecular flexibility index (Phi) is 7.33. The van der Waals surface area contributed by atoms with Gasteiger partial charge in [-0.05, 0) is 28.1 Å². The summed E-state index contributed by atoms with van der Waals surface area (Å²) in [7, 11) is 0. The van der Waals surface area contributed by atoms with Crippen molar-refractivity contribution >= 4 is 10.8 Å². The van der Waals surface area contributed by atoms with Gasteiger partial charge in [0.05, 0.1) is 16.8 Å². The van der Waals surface area contributed by atoms with Crippen molar-refractivity contribution in [1.82, 2.24) is 19.9 Å². The number of benzene rings is 7. The first-order valence-corrected chi connectivity index (χ1v) is 17.9. The van der Waals surface area contributed by atoms with Crippen molar-refractivity contribution in [3.63, 3.8) is 0 Å². The second-order valence-corrected chi connectivity index (χ2v) is 13.4. The van der Waals surface area contributed by atoms with Gasteiger partial charge in [0.15, 0.2) is 17.5 Å². The Morgan fingerprint density at radius 1 is 0.321 bits per heavy atom. The molecular weight excluding hydrogens is 645 g/mol. The molecule has 0 N–H and O–H groups in total. The molecule has 0 saturated heterocycles. The first kappa shape index (κ1) is 30.8. The SMILES string of the molecule is c1ccc(-c2nc(-c3ccccc3)nc(-c3cccc(-c4nc5c(c6ccccc46)C(c4ccccc4)(c4ccccc4)c4ccccc4-5)c3)n2)cc1. The van der Waals surface area contributed by atoms with Gasteiger partial charge >= 0.3 is 0 Å². The third-order valence-electron chi connectivity index (χ3n) is 10.4. The first-order chi connectivity index (χ1) is 26.3. The number of rotatable bonds is 6. The van der Waals surface area contributed by atoms with Crippen LogP contribution in [0.4, 0.5) is 0 Å². The van der Waals surface area contributed by atoms with E-state index in [0.717, 1.165) is 44.6 Å². The van der Waals surface area contributed by atoms with Crippen LogP contribution in [0.25, 0.3) is 67.5 Å². The molecule has 7 aromatic carbocycles. The molecule has 0 saturated carbocycles. The minimum atomic E-state index is -0.548. The predicted molar refractivity (Wildman–Crippen MR) is 214 cm³/mol. The minimum Gasteiger partial charge on any atom is -0.247 e. The average Bonchev–Trinajstić information content (AvgIpc) is 3.56. The summed E-state index contributed by atoms with van der Waals surface area (Å²) in [5, 5.41) is 2.28. The van der Waals surface area contributed by atoms with E-state index in [2.05, 4.69) is 133 Å². The lowest BCUT2D eigenvalue weighted by Gasteiger charge is -2.34. The van der Waals surface area contributed by atoms with E-state index < -0.39 is 5.41 Å². The molecule has 4 nitrogen and oxygen atoms in total. The normalized spacial score (nSPS) is 12.7. The van der Waals surface area contributed by atoms with Crippen molar-refractivity contribution in [2.45, 2.75) is 5.41 Å². The van der Waals surface area contributed by atoms with E-state index in [1.54, 1.807) is 0 Å². The fourth-order valence-corrected chi connectivity index (χ4v) is 8.09. The fraction of sp³-hybridized carbons (Fsp3) is 0.0204. The lowest BCUT2D eigenvalue weighted by atomic mass is 9.67. The second kappa shape index (κ2) is 12.6. The molecule has 248 valence electrons. The van der Waals surface area contributed by atoms with Crippen LogP contribution in [0.2, 0.25) is 0 Å². The van der Waals surface area contributed by atoms with Gasteiger partial charge in [0.25, 0.3) is 0 Å². The Labute approximate surface area is 308 Å². The number of aromatic nitrogens is 4. The van der Waals surface area contributed by atoms with Crippen LogP contribution in [0.3, 0.4) is 0 Å². The molecule has 4 heteroatoms. The highest BCUT2D eigenvalue weighted by Crippen LogP contribution is 2.58. The third kappa shape index (κ3) is 4.99. The maximum absolute atomic E-state index is 5.65. The summed E-state index contributed by atoms with van der Waals surface area (Å²) in [5.41, 5.74) is 11.2. The van der Waals surface area contributed by atoms with Crippen molar-refractivity contribution in [1.29, 1.82) is 0 Å². The van der Waals surface area contributed by atoms with Crippen LogP contribution in [-0.2, 0) is 5.41 Å². The number of hydrogen-bond acceptors (Lipinski definition) is 4. The van der Waals surface area contributed by atoms with Gasteiger partial charge in [0.1, 0.15) is 0 Å². The highest BCUT2D eigenvalue weighted by Gasteiger charge is 2.48. The second-order valence-electron chi connectivity index (χ2n) is 13.4. The zero-order valence-electron chi connectivity index (χ0n) is 28.8. The molecule has 0 aliphatic heterocycles. The van der Waals surface area contributed by atoms with Gasteiger partial charge in [0.2, 0.25) is 0 Å². The first-order valence-electron chi connectivity index (χ1n) is 17.9. The quantitative estimate of drug-likeness (QED) is 0.176. The van der Waals surface area contributed by atoms with Gasteiger partial charge in [-0.2, -0.15) is 0 Å². The summed E-state index contributed by atoms with van der Waals surface area (Å²) in [5.74, 6) is 1.88. The molecule has 2 aromatic heterocycles. The molecule has 2 heterocycles. The van der Waals surface area contributed by atoms with Crippen molar-refractivity contribution in [2.75, 3.05) is 0 Å². The van der Waals surface area contributed by atoms with E-state index in [9.17, 15) is 0 Å². The number of fused-ring (bicyclic) bond motifs is 5. The van der Waals surface area contributed by atoms with Crippen LogP contribution in [0, 0.1) is 0 Å². The Balaban J connectivity index is 1.21. The van der Waals surface area contributed by atoms with E-state index in [0.29, 0.717) is 17.5 Å². The van der Waals surface area contributed by atoms with Crippen LogP contribution in [0.15, 0.2) is 194 Å². The van der Waals surface area contributed by atoms with E-state index in [1.807, 2.05) is 60.7 Å². The molecule has 10 rings (SSSR count). The summed E-state index contributed by atoms with van der Waals surface area (Å²) >= 11 is 0.